The third-order valence-corrected chi connectivity index (χ3v) is 2.67. The quantitative estimate of drug-likeness (QED) is 0.549. The fraction of sp³-hybridized carbons (Fsp3) is 0.429. The van der Waals surface area contributed by atoms with Crippen molar-refractivity contribution in [1.82, 2.24) is 0 Å². The van der Waals surface area contributed by atoms with Crippen molar-refractivity contribution in [1.29, 1.82) is 0 Å². The maximum absolute atomic E-state index is 9.26. The Bertz CT molecular complexity index is 324. The number of aliphatic hydroxyl groups excluding tert-OH is 1. The minimum absolute atomic E-state index is 0.539. The zero-order chi connectivity index (χ0) is 11.8. The Hall–Kier alpha value is -1.44. The zero-order valence-corrected chi connectivity index (χ0v) is 9.82. The maximum atomic E-state index is 9.26. The molecule has 0 atom stereocenters. The van der Waals surface area contributed by atoms with Gasteiger partial charge in [-0.25, -0.2) is 0 Å². The first-order valence-electron chi connectivity index (χ1n) is 5.92. The third kappa shape index (κ3) is 3.97. The Balaban J connectivity index is 2.61. The summed E-state index contributed by atoms with van der Waals surface area (Å²) >= 11 is 0. The Morgan fingerprint density at radius 2 is 1.69 bits per heavy atom. The molecule has 2 heteroatoms. The largest absolute Gasteiger partial charge is 0.481 e. The average Bonchev–Trinajstić information content (AvgIpc) is 2.30. The lowest BCUT2D eigenvalue weighted by molar-refractivity contribution is 0.193. The van der Waals surface area contributed by atoms with Gasteiger partial charge in [-0.3, -0.25) is 0 Å². The molecular weight excluding hydrogens is 200 g/mol. The zero-order valence-electron chi connectivity index (χ0n) is 9.82. The van der Waals surface area contributed by atoms with Crippen LogP contribution in [0.3, 0.4) is 0 Å². The first-order chi connectivity index (χ1) is 7.75. The average molecular weight is 220 g/mol. The second-order valence-corrected chi connectivity index (χ2v) is 3.98. The van der Waals surface area contributed by atoms with E-state index in [4.69, 9.17) is 0 Å². The number of benzene rings is 1. The molecule has 0 amide bonds. The van der Waals surface area contributed by atoms with Crippen LogP contribution in [-0.4, -0.2) is 10.2 Å². The summed E-state index contributed by atoms with van der Waals surface area (Å²) in [7, 11) is 0. The van der Waals surface area contributed by atoms with Crippen molar-refractivity contribution in [3.8, 4) is 0 Å². The van der Waals surface area contributed by atoms with Gasteiger partial charge in [-0.15, -0.1) is 0 Å². The van der Waals surface area contributed by atoms with E-state index in [9.17, 15) is 10.2 Å². The first-order valence-corrected chi connectivity index (χ1v) is 5.92. The second-order valence-electron chi connectivity index (χ2n) is 3.98. The van der Waals surface area contributed by atoms with Crippen molar-refractivity contribution >= 4 is 5.57 Å². The van der Waals surface area contributed by atoms with Crippen LogP contribution in [0.4, 0.5) is 0 Å². The highest BCUT2D eigenvalue weighted by atomic mass is 16.5. The predicted octanol–water partition coefficient (Wildman–Crippen LogP) is 4.44. The van der Waals surface area contributed by atoms with Crippen molar-refractivity contribution in [2.24, 2.45) is 0 Å². The van der Waals surface area contributed by atoms with Gasteiger partial charge < -0.3 is 10.2 Å². The lowest BCUT2D eigenvalue weighted by atomic mass is 10.00. The molecule has 1 aromatic carbocycles. The van der Waals surface area contributed by atoms with Gasteiger partial charge in [-0.05, 0) is 18.4 Å². The van der Waals surface area contributed by atoms with Crippen LogP contribution < -0.4 is 0 Å². The normalized spacial score (nSPS) is 10.1. The van der Waals surface area contributed by atoms with Crippen LogP contribution in [0.25, 0.3) is 5.57 Å². The van der Waals surface area contributed by atoms with Gasteiger partial charge in [0.05, 0.1) is 0 Å². The van der Waals surface area contributed by atoms with Crippen molar-refractivity contribution in [2.75, 3.05) is 0 Å². The number of unbranched alkanes of at least 4 members (excludes halogenated alkanes) is 3. The molecule has 0 aliphatic carbocycles. The molecule has 0 heterocycles. The number of rotatable bonds is 6. The SMILES string of the molecule is CCCCCCC(=C(O)O)c1ccccc1. The second kappa shape index (κ2) is 6.94. The summed E-state index contributed by atoms with van der Waals surface area (Å²) in [6.07, 6.45) is 5.26. The van der Waals surface area contributed by atoms with Crippen molar-refractivity contribution < 1.29 is 10.2 Å². The summed E-state index contributed by atoms with van der Waals surface area (Å²) < 4.78 is 0. The number of allylic oxidation sites excluding steroid dienone is 1. The monoisotopic (exact) mass is 220 g/mol. The summed E-state index contributed by atoms with van der Waals surface area (Å²) in [4.78, 5) is 0. The summed E-state index contributed by atoms with van der Waals surface area (Å²) in [5.74, 6) is -0.539. The molecule has 0 unspecified atom stereocenters. The van der Waals surface area contributed by atoms with Gasteiger partial charge >= 0.3 is 0 Å². The van der Waals surface area contributed by atoms with Crippen molar-refractivity contribution in [3.05, 3.63) is 41.8 Å². The van der Waals surface area contributed by atoms with Crippen LogP contribution in [-0.2, 0) is 0 Å². The maximum Gasteiger partial charge on any atom is 0.278 e. The minimum Gasteiger partial charge on any atom is -0.481 e. The molecule has 16 heavy (non-hydrogen) atoms. The van der Waals surface area contributed by atoms with Crippen LogP contribution in [0.15, 0.2) is 36.3 Å². The lowest BCUT2D eigenvalue weighted by Gasteiger charge is -2.07. The van der Waals surface area contributed by atoms with Crippen molar-refractivity contribution in [2.45, 2.75) is 39.0 Å². The molecule has 0 spiro atoms. The van der Waals surface area contributed by atoms with Crippen LogP contribution >= 0.6 is 0 Å². The molecule has 0 aromatic heterocycles. The standard InChI is InChI=1S/C14H20O2/c1-2-3-4-8-11-13(14(15)16)12-9-6-5-7-10-12/h5-7,9-10,15-16H,2-4,8,11H2,1H3. The molecule has 2 nitrogen and oxygen atoms in total. The molecule has 0 fully saturated rings. The van der Waals surface area contributed by atoms with Crippen LogP contribution in [0.2, 0.25) is 0 Å². The molecule has 0 saturated heterocycles. The van der Waals surface area contributed by atoms with Gasteiger partial charge in [0.15, 0.2) is 0 Å². The van der Waals surface area contributed by atoms with E-state index in [0.29, 0.717) is 5.57 Å². The smallest absolute Gasteiger partial charge is 0.278 e. The summed E-state index contributed by atoms with van der Waals surface area (Å²) in [5, 5.41) is 18.5. The molecule has 0 saturated carbocycles. The van der Waals surface area contributed by atoms with Gasteiger partial charge in [0.25, 0.3) is 5.95 Å². The highest BCUT2D eigenvalue weighted by molar-refractivity contribution is 5.65. The van der Waals surface area contributed by atoms with Crippen LogP contribution in [0.1, 0.15) is 44.6 Å². The first kappa shape index (κ1) is 12.6. The van der Waals surface area contributed by atoms with E-state index in [0.717, 1.165) is 24.8 Å². The van der Waals surface area contributed by atoms with Crippen LogP contribution in [0.5, 0.6) is 0 Å². The summed E-state index contributed by atoms with van der Waals surface area (Å²) in [6, 6.07) is 9.55. The van der Waals surface area contributed by atoms with Gasteiger partial charge in [-0.2, -0.15) is 0 Å². The Labute approximate surface area is 97.2 Å². The third-order valence-electron chi connectivity index (χ3n) is 2.67. The number of hydrogen-bond acceptors (Lipinski definition) is 2. The highest BCUT2D eigenvalue weighted by Crippen LogP contribution is 2.23. The molecule has 0 aliphatic heterocycles. The minimum atomic E-state index is -0.539. The summed E-state index contributed by atoms with van der Waals surface area (Å²) in [5.41, 5.74) is 1.55. The van der Waals surface area contributed by atoms with E-state index in [2.05, 4.69) is 6.92 Å². The summed E-state index contributed by atoms with van der Waals surface area (Å²) in [6.45, 7) is 2.16. The van der Waals surface area contributed by atoms with Crippen molar-refractivity contribution in [3.63, 3.8) is 0 Å². The Kier molecular flexibility index (Phi) is 5.48. The number of aliphatic hydroxyl groups is 2. The van der Waals surface area contributed by atoms with E-state index in [1.165, 1.54) is 12.8 Å². The van der Waals surface area contributed by atoms with E-state index >= 15 is 0 Å². The molecular formula is C14H20O2. The topological polar surface area (TPSA) is 40.5 Å². The van der Waals surface area contributed by atoms with E-state index in [-0.39, 0.29) is 0 Å². The molecule has 1 aromatic rings. The molecule has 1 rings (SSSR count). The molecule has 0 bridgehead atoms. The number of hydrogen-bond donors (Lipinski definition) is 2. The molecule has 0 aliphatic rings. The van der Waals surface area contributed by atoms with Gasteiger partial charge in [0, 0.05) is 5.57 Å². The highest BCUT2D eigenvalue weighted by Gasteiger charge is 2.07. The predicted molar refractivity (Wildman–Crippen MR) is 67.4 cm³/mol. The molecule has 0 radical (unpaired) electrons. The van der Waals surface area contributed by atoms with Gasteiger partial charge in [0.2, 0.25) is 0 Å². The Morgan fingerprint density at radius 3 is 2.25 bits per heavy atom. The molecule has 2 N–H and O–H groups in total. The van der Waals surface area contributed by atoms with E-state index in [1.807, 2.05) is 30.3 Å². The van der Waals surface area contributed by atoms with Gasteiger partial charge in [0.1, 0.15) is 0 Å². The van der Waals surface area contributed by atoms with E-state index in [1.54, 1.807) is 0 Å². The van der Waals surface area contributed by atoms with E-state index < -0.39 is 5.95 Å². The lowest BCUT2D eigenvalue weighted by Crippen LogP contribution is -1.91. The van der Waals surface area contributed by atoms with Crippen LogP contribution in [0, 0.1) is 0 Å². The van der Waals surface area contributed by atoms with Gasteiger partial charge in [-0.1, -0.05) is 56.5 Å². The molecule has 88 valence electrons. The Morgan fingerprint density at radius 1 is 1.00 bits per heavy atom. The fourth-order valence-electron chi connectivity index (χ4n) is 1.75. The fourth-order valence-corrected chi connectivity index (χ4v) is 1.75.